The number of carbonyl (C=O) groups excluding carboxylic acids is 1. The molecular weight excluding hydrogens is 442 g/mol. The zero-order chi connectivity index (χ0) is 24.9. The number of benzene rings is 2. The second kappa shape index (κ2) is 11.1. The third-order valence-corrected chi connectivity index (χ3v) is 5.80. The molecule has 0 bridgehead atoms. The molecule has 3 N–H and O–H groups in total. The van der Waals surface area contributed by atoms with Crippen LogP contribution in [0.15, 0.2) is 36.4 Å². The summed E-state index contributed by atoms with van der Waals surface area (Å²) in [4.78, 5) is 12.4. The first-order valence-electron chi connectivity index (χ1n) is 11.6. The fraction of sp³-hybridized carbons (Fsp3) is 0.500. The molecule has 0 radical (unpaired) electrons. The van der Waals surface area contributed by atoms with Crippen LogP contribution < -0.4 is 15.4 Å². The van der Waals surface area contributed by atoms with Crippen LogP contribution >= 0.6 is 0 Å². The average molecular weight is 477 g/mol. The molecule has 2 aromatic carbocycles. The Morgan fingerprint density at radius 2 is 1.91 bits per heavy atom. The van der Waals surface area contributed by atoms with Crippen molar-refractivity contribution in [2.24, 2.45) is 0 Å². The van der Waals surface area contributed by atoms with Gasteiger partial charge in [0.05, 0.1) is 19.3 Å². The molecule has 8 heteroatoms. The van der Waals surface area contributed by atoms with E-state index in [-0.39, 0.29) is 19.0 Å². The first kappa shape index (κ1) is 25.9. The number of hydrogen-bond donors (Lipinski definition) is 3. The van der Waals surface area contributed by atoms with Crippen molar-refractivity contribution < 1.29 is 28.2 Å². The standard InChI is InChI=1S/C26H34F2N2O4/c1-26(2,3)34-25(32)30-22(13-16-11-17(27)14-18(28)12-16)23(31)15-29-21-9-5-8-20-19(21)7-6-10-24(20)33-4/h6-7,10-12,14,21-23,29,31H,5,8-9,13,15H2,1-4H3,(H,30,32)/t21?,22-,23+/m0/s1. The molecule has 1 unspecified atom stereocenters. The quantitative estimate of drug-likeness (QED) is 0.525. The monoisotopic (exact) mass is 476 g/mol. The molecule has 3 atom stereocenters. The van der Waals surface area contributed by atoms with Crippen LogP contribution in [0.5, 0.6) is 5.75 Å². The Labute approximate surface area is 199 Å². The summed E-state index contributed by atoms with van der Waals surface area (Å²) in [6.45, 7) is 5.36. The lowest BCUT2D eigenvalue weighted by atomic mass is 9.87. The van der Waals surface area contributed by atoms with Crippen LogP contribution in [0.3, 0.4) is 0 Å². The lowest BCUT2D eigenvalue weighted by Gasteiger charge is -2.31. The molecule has 34 heavy (non-hydrogen) atoms. The Bertz CT molecular complexity index is 973. The van der Waals surface area contributed by atoms with Crippen LogP contribution in [0.1, 0.15) is 56.3 Å². The van der Waals surface area contributed by atoms with Gasteiger partial charge < -0.3 is 25.2 Å². The smallest absolute Gasteiger partial charge is 0.407 e. The van der Waals surface area contributed by atoms with Crippen molar-refractivity contribution in [3.05, 3.63) is 64.7 Å². The number of hydrogen-bond acceptors (Lipinski definition) is 5. The molecule has 0 saturated carbocycles. The number of aliphatic hydroxyl groups excluding tert-OH is 1. The van der Waals surface area contributed by atoms with Gasteiger partial charge in [-0.15, -0.1) is 0 Å². The molecule has 0 aliphatic heterocycles. The molecule has 0 fully saturated rings. The first-order valence-corrected chi connectivity index (χ1v) is 11.6. The van der Waals surface area contributed by atoms with E-state index in [1.54, 1.807) is 27.9 Å². The van der Waals surface area contributed by atoms with E-state index in [0.29, 0.717) is 5.56 Å². The van der Waals surface area contributed by atoms with E-state index in [1.165, 1.54) is 12.1 Å². The van der Waals surface area contributed by atoms with E-state index in [4.69, 9.17) is 9.47 Å². The molecule has 2 aromatic rings. The average Bonchev–Trinajstić information content (AvgIpc) is 2.74. The summed E-state index contributed by atoms with van der Waals surface area (Å²) in [7, 11) is 1.65. The van der Waals surface area contributed by atoms with Crippen LogP contribution in [-0.4, -0.2) is 42.6 Å². The number of amides is 1. The van der Waals surface area contributed by atoms with Gasteiger partial charge in [0.15, 0.2) is 0 Å². The zero-order valence-corrected chi connectivity index (χ0v) is 20.2. The van der Waals surface area contributed by atoms with E-state index in [2.05, 4.69) is 10.6 Å². The minimum absolute atomic E-state index is 0.0160. The third kappa shape index (κ3) is 7.14. The Balaban J connectivity index is 1.73. The molecule has 0 heterocycles. The van der Waals surface area contributed by atoms with Gasteiger partial charge >= 0.3 is 6.09 Å². The van der Waals surface area contributed by atoms with Crippen LogP contribution in [0.4, 0.5) is 13.6 Å². The largest absolute Gasteiger partial charge is 0.496 e. The summed E-state index contributed by atoms with van der Waals surface area (Å²) in [5.74, 6) is -0.583. The van der Waals surface area contributed by atoms with E-state index < -0.39 is 35.5 Å². The highest BCUT2D eigenvalue weighted by molar-refractivity contribution is 5.68. The van der Waals surface area contributed by atoms with Crippen LogP contribution in [0.25, 0.3) is 0 Å². The van der Waals surface area contributed by atoms with Gasteiger partial charge in [-0.2, -0.15) is 0 Å². The highest BCUT2D eigenvalue weighted by atomic mass is 19.1. The Morgan fingerprint density at radius 1 is 1.21 bits per heavy atom. The predicted octanol–water partition coefficient (Wildman–Crippen LogP) is 4.44. The summed E-state index contributed by atoms with van der Waals surface area (Å²) in [6.07, 6.45) is 1.09. The molecule has 1 aliphatic carbocycles. The molecule has 0 saturated heterocycles. The van der Waals surface area contributed by atoms with Gasteiger partial charge in [-0.1, -0.05) is 12.1 Å². The lowest BCUT2D eigenvalue weighted by Crippen LogP contribution is -2.50. The van der Waals surface area contributed by atoms with Gasteiger partial charge in [-0.25, -0.2) is 13.6 Å². The number of aliphatic hydroxyl groups is 1. The number of nitrogens with one attached hydrogen (secondary N) is 2. The van der Waals surface area contributed by atoms with Crippen molar-refractivity contribution in [2.75, 3.05) is 13.7 Å². The maximum atomic E-state index is 13.7. The molecule has 1 aliphatic rings. The second-order valence-electron chi connectivity index (χ2n) is 9.68. The number of methoxy groups -OCH3 is 1. The normalized spacial score (nSPS) is 17.4. The fourth-order valence-electron chi connectivity index (χ4n) is 4.35. The van der Waals surface area contributed by atoms with Gasteiger partial charge in [-0.05, 0) is 81.3 Å². The molecule has 1 amide bonds. The summed E-state index contributed by atoms with van der Waals surface area (Å²) < 4.78 is 38.3. The van der Waals surface area contributed by atoms with Crippen LogP contribution in [0.2, 0.25) is 0 Å². The second-order valence-corrected chi connectivity index (χ2v) is 9.68. The number of alkyl carbamates (subject to hydrolysis) is 1. The van der Waals surface area contributed by atoms with E-state index in [1.807, 2.05) is 18.2 Å². The van der Waals surface area contributed by atoms with Crippen molar-refractivity contribution in [1.29, 1.82) is 0 Å². The van der Waals surface area contributed by atoms with Gasteiger partial charge in [0.2, 0.25) is 0 Å². The molecule has 3 rings (SSSR count). The third-order valence-electron chi connectivity index (χ3n) is 5.80. The minimum atomic E-state index is -1.03. The number of carbonyl (C=O) groups is 1. The molecular formula is C26H34F2N2O4. The summed E-state index contributed by atoms with van der Waals surface area (Å²) in [5, 5.41) is 17.1. The predicted molar refractivity (Wildman–Crippen MR) is 126 cm³/mol. The highest BCUT2D eigenvalue weighted by Gasteiger charge is 2.28. The first-order chi connectivity index (χ1) is 16.1. The van der Waals surface area contributed by atoms with Crippen molar-refractivity contribution in [2.45, 2.75) is 70.2 Å². The van der Waals surface area contributed by atoms with Gasteiger partial charge in [0.25, 0.3) is 0 Å². The van der Waals surface area contributed by atoms with E-state index >= 15 is 0 Å². The number of halogens is 2. The Hall–Kier alpha value is -2.71. The van der Waals surface area contributed by atoms with Crippen LogP contribution in [-0.2, 0) is 17.6 Å². The Kier molecular flexibility index (Phi) is 8.49. The summed E-state index contributed by atoms with van der Waals surface area (Å²) in [6, 6.07) is 8.29. The van der Waals surface area contributed by atoms with Gasteiger partial charge in [0.1, 0.15) is 23.0 Å². The summed E-state index contributed by atoms with van der Waals surface area (Å²) >= 11 is 0. The number of rotatable bonds is 8. The van der Waals surface area contributed by atoms with Crippen molar-refractivity contribution in [3.8, 4) is 5.75 Å². The van der Waals surface area contributed by atoms with Gasteiger partial charge in [0, 0.05) is 18.7 Å². The fourth-order valence-corrected chi connectivity index (χ4v) is 4.35. The minimum Gasteiger partial charge on any atom is -0.496 e. The lowest BCUT2D eigenvalue weighted by molar-refractivity contribution is 0.0419. The SMILES string of the molecule is COc1cccc2c1CCCC2NC[C@@H](O)[C@H](Cc1cc(F)cc(F)c1)NC(=O)OC(C)(C)C. The van der Waals surface area contributed by atoms with Gasteiger partial charge in [-0.3, -0.25) is 0 Å². The zero-order valence-electron chi connectivity index (χ0n) is 20.2. The van der Waals surface area contributed by atoms with Crippen molar-refractivity contribution in [1.82, 2.24) is 10.6 Å². The van der Waals surface area contributed by atoms with Crippen molar-refractivity contribution >= 4 is 6.09 Å². The van der Waals surface area contributed by atoms with E-state index in [0.717, 1.165) is 42.2 Å². The highest BCUT2D eigenvalue weighted by Crippen LogP contribution is 2.35. The van der Waals surface area contributed by atoms with E-state index in [9.17, 15) is 18.7 Å². The maximum absolute atomic E-state index is 13.7. The van der Waals surface area contributed by atoms with Crippen molar-refractivity contribution in [3.63, 3.8) is 0 Å². The molecule has 186 valence electrons. The molecule has 0 spiro atoms. The topological polar surface area (TPSA) is 79.8 Å². The van der Waals surface area contributed by atoms with Crippen LogP contribution in [0, 0.1) is 11.6 Å². The summed E-state index contributed by atoms with van der Waals surface area (Å²) in [5.41, 5.74) is 1.88. The number of ether oxygens (including phenoxy) is 2. The molecule has 6 nitrogen and oxygen atoms in total. The maximum Gasteiger partial charge on any atom is 0.407 e. The molecule has 0 aromatic heterocycles. The Morgan fingerprint density at radius 3 is 2.56 bits per heavy atom. The number of fused-ring (bicyclic) bond motifs is 1.